The van der Waals surface area contributed by atoms with E-state index < -0.39 is 0 Å². The molecule has 6 aromatic heterocycles. The summed E-state index contributed by atoms with van der Waals surface area (Å²) in [6.45, 7) is 7.43. The molecule has 0 unspecified atom stereocenters. The summed E-state index contributed by atoms with van der Waals surface area (Å²) in [5.74, 6) is 0. The van der Waals surface area contributed by atoms with Crippen LogP contribution >= 0.6 is 68.8 Å². The van der Waals surface area contributed by atoms with Gasteiger partial charge >= 0.3 is 0 Å². The minimum atomic E-state index is 0.544. The Bertz CT molecular complexity index is 2440. The SMILES string of the molecule is [C-]#[N+]c1ccc(-c2ccc(-c3cc4cc5sc(-c6ccc(-c7ccc(C#N)c8nsnc78)s6)cc5cc4s3)s2)c2nsnc12. The highest BCUT2D eigenvalue weighted by Crippen LogP contribution is 2.46. The molecule has 0 aliphatic rings. The Morgan fingerprint density at radius 3 is 1.66 bits per heavy atom. The van der Waals surface area contributed by atoms with Crippen molar-refractivity contribution in [3.05, 3.63) is 89.8 Å². The summed E-state index contributed by atoms with van der Waals surface area (Å²) in [4.78, 5) is 10.8. The van der Waals surface area contributed by atoms with Crippen molar-refractivity contribution in [2.24, 2.45) is 0 Å². The van der Waals surface area contributed by atoms with Crippen LogP contribution in [-0.4, -0.2) is 17.5 Å². The van der Waals surface area contributed by atoms with Crippen molar-refractivity contribution in [2.75, 3.05) is 0 Å². The van der Waals surface area contributed by atoms with Crippen molar-refractivity contribution in [3.8, 4) is 46.5 Å². The summed E-state index contributed by atoms with van der Waals surface area (Å²) in [5, 5.41) is 11.9. The first kappa shape index (κ1) is 26.0. The number of rotatable bonds is 4. The average Bonchev–Trinajstić information content (AvgIpc) is 3.88. The third-order valence-electron chi connectivity index (χ3n) is 7.43. The smallest absolute Gasteiger partial charge is 0.215 e. The van der Waals surface area contributed by atoms with Gasteiger partial charge in [0.2, 0.25) is 5.69 Å². The number of thiophene rings is 4. The van der Waals surface area contributed by atoms with Gasteiger partial charge < -0.3 is 0 Å². The molecule has 0 saturated carbocycles. The normalized spacial score (nSPS) is 11.6. The van der Waals surface area contributed by atoms with Gasteiger partial charge in [-0.1, -0.05) is 12.1 Å². The Hall–Kier alpha value is -4.40. The summed E-state index contributed by atoms with van der Waals surface area (Å²) in [6, 6.07) is 27.7. The standard InChI is InChI=1S/C32H12N6S6/c1-34-20-5-4-19(31-32(20)38-44-37-31)22-7-9-24(40-22)28-13-17-11-25-16(10-26(17)42-28)12-27(41-25)23-8-6-21(39-23)18-3-2-15(14-33)29-30(18)36-43-35-29/h2-13H. The van der Waals surface area contributed by atoms with Crippen molar-refractivity contribution < 1.29 is 0 Å². The number of hydrogen-bond donors (Lipinski definition) is 0. The van der Waals surface area contributed by atoms with Crippen LogP contribution in [0.5, 0.6) is 0 Å². The number of aromatic nitrogens is 4. The highest BCUT2D eigenvalue weighted by Gasteiger charge is 2.17. The zero-order chi connectivity index (χ0) is 29.4. The highest BCUT2D eigenvalue weighted by atomic mass is 32.1. The largest absolute Gasteiger partial charge is 0.236 e. The van der Waals surface area contributed by atoms with E-state index in [0.717, 1.165) is 55.4 Å². The number of fused-ring (bicyclic) bond motifs is 4. The molecule has 0 aliphatic carbocycles. The fourth-order valence-electron chi connectivity index (χ4n) is 5.34. The van der Waals surface area contributed by atoms with Crippen LogP contribution in [-0.2, 0) is 0 Å². The molecule has 206 valence electrons. The molecule has 9 rings (SSSR count). The van der Waals surface area contributed by atoms with E-state index in [2.05, 4.69) is 76.9 Å². The van der Waals surface area contributed by atoms with Gasteiger partial charge in [0, 0.05) is 49.8 Å². The van der Waals surface area contributed by atoms with Crippen LogP contribution in [0.25, 0.3) is 87.5 Å². The van der Waals surface area contributed by atoms with Crippen LogP contribution < -0.4 is 0 Å². The van der Waals surface area contributed by atoms with Gasteiger partial charge in [0.05, 0.1) is 35.6 Å². The Morgan fingerprint density at radius 1 is 0.545 bits per heavy atom. The van der Waals surface area contributed by atoms with Crippen molar-refractivity contribution in [3.63, 3.8) is 0 Å². The maximum atomic E-state index is 9.43. The fraction of sp³-hybridized carbons (Fsp3) is 0. The first-order chi connectivity index (χ1) is 21.7. The van der Waals surface area contributed by atoms with Crippen LogP contribution in [0.1, 0.15) is 5.56 Å². The minimum Gasteiger partial charge on any atom is -0.236 e. The molecule has 9 aromatic rings. The van der Waals surface area contributed by atoms with Gasteiger partial charge in [-0.3, -0.25) is 0 Å². The zero-order valence-electron chi connectivity index (χ0n) is 22.1. The second-order valence-electron chi connectivity index (χ2n) is 9.92. The van der Waals surface area contributed by atoms with Crippen molar-refractivity contribution in [1.29, 1.82) is 5.26 Å². The number of nitrogens with zero attached hydrogens (tertiary/aromatic N) is 6. The van der Waals surface area contributed by atoms with Gasteiger partial charge in [0.25, 0.3) is 0 Å². The number of hydrogen-bond acceptors (Lipinski definition) is 11. The van der Waals surface area contributed by atoms with Crippen molar-refractivity contribution >= 4 is 117 Å². The Morgan fingerprint density at radius 2 is 1.07 bits per heavy atom. The maximum absolute atomic E-state index is 9.43. The third kappa shape index (κ3) is 4.04. The molecule has 0 bridgehead atoms. The molecule has 12 heteroatoms. The molecule has 0 radical (unpaired) electrons. The van der Waals surface area contributed by atoms with E-state index in [1.807, 2.05) is 46.9 Å². The highest BCUT2D eigenvalue weighted by molar-refractivity contribution is 7.28. The molecule has 0 N–H and O–H groups in total. The molecular weight excluding hydrogens is 661 g/mol. The predicted octanol–water partition coefficient (Wildman–Crippen LogP) is 11.3. The van der Waals surface area contributed by atoms with E-state index in [4.69, 9.17) is 6.57 Å². The molecule has 0 saturated heterocycles. The van der Waals surface area contributed by atoms with Crippen LogP contribution in [0, 0.1) is 17.9 Å². The van der Waals surface area contributed by atoms with Gasteiger partial charge in [0.1, 0.15) is 28.1 Å². The number of nitriles is 1. The van der Waals surface area contributed by atoms with Gasteiger partial charge in [-0.2, -0.15) is 22.8 Å². The molecule has 6 heterocycles. The Labute approximate surface area is 273 Å². The Balaban J connectivity index is 1.04. The lowest BCUT2D eigenvalue weighted by Gasteiger charge is -1.99. The molecule has 0 atom stereocenters. The second-order valence-corrected chi connectivity index (χ2v) is 15.3. The van der Waals surface area contributed by atoms with E-state index in [0.29, 0.717) is 22.3 Å². The molecule has 0 amide bonds. The van der Waals surface area contributed by atoms with Gasteiger partial charge in [0.15, 0.2) is 0 Å². The van der Waals surface area contributed by atoms with E-state index >= 15 is 0 Å². The minimum absolute atomic E-state index is 0.544. The Kier molecular flexibility index (Phi) is 5.96. The predicted molar refractivity (Wildman–Crippen MR) is 188 cm³/mol. The molecule has 6 nitrogen and oxygen atoms in total. The molecule has 44 heavy (non-hydrogen) atoms. The van der Waals surface area contributed by atoms with E-state index in [1.54, 1.807) is 22.7 Å². The van der Waals surface area contributed by atoms with Crippen LogP contribution in [0.15, 0.2) is 72.8 Å². The van der Waals surface area contributed by atoms with Gasteiger partial charge in [-0.05, 0) is 71.4 Å². The quantitative estimate of drug-likeness (QED) is 0.174. The van der Waals surface area contributed by atoms with E-state index in [-0.39, 0.29) is 0 Å². The fourth-order valence-corrected chi connectivity index (χ4v) is 10.9. The molecule has 3 aromatic carbocycles. The van der Waals surface area contributed by atoms with Crippen molar-refractivity contribution in [1.82, 2.24) is 17.5 Å². The lowest BCUT2D eigenvalue weighted by atomic mass is 10.1. The first-order valence-corrected chi connectivity index (χ1v) is 17.9. The molecule has 0 aliphatic heterocycles. The topological polar surface area (TPSA) is 79.7 Å². The van der Waals surface area contributed by atoms with Crippen LogP contribution in [0.4, 0.5) is 5.69 Å². The summed E-state index contributed by atoms with van der Waals surface area (Å²) in [7, 11) is 0. The lowest BCUT2D eigenvalue weighted by molar-refractivity contribution is 1.49. The second kappa shape index (κ2) is 10.1. The maximum Gasteiger partial charge on any atom is 0.215 e. The summed E-state index contributed by atoms with van der Waals surface area (Å²) < 4.78 is 20.2. The lowest BCUT2D eigenvalue weighted by Crippen LogP contribution is -1.82. The summed E-state index contributed by atoms with van der Waals surface area (Å²) in [6.07, 6.45) is 0. The average molecular weight is 673 g/mol. The van der Waals surface area contributed by atoms with Gasteiger partial charge in [-0.25, -0.2) is 4.85 Å². The third-order valence-corrected chi connectivity index (χ3v) is 13.3. The van der Waals surface area contributed by atoms with Gasteiger partial charge in [-0.15, -0.1) is 45.3 Å². The molecular formula is C32H12N6S6. The summed E-state index contributed by atoms with van der Waals surface area (Å²) in [5.41, 5.74) is 6.09. The number of benzene rings is 3. The van der Waals surface area contributed by atoms with Crippen LogP contribution in [0.3, 0.4) is 0 Å². The van der Waals surface area contributed by atoms with E-state index in [9.17, 15) is 5.26 Å². The van der Waals surface area contributed by atoms with Crippen molar-refractivity contribution in [2.45, 2.75) is 0 Å². The first-order valence-electron chi connectivity index (χ1n) is 13.1. The van der Waals surface area contributed by atoms with E-state index in [1.165, 1.54) is 39.7 Å². The monoisotopic (exact) mass is 672 g/mol. The zero-order valence-corrected chi connectivity index (χ0v) is 27.0. The molecule has 0 spiro atoms. The molecule has 0 fully saturated rings. The van der Waals surface area contributed by atoms with Crippen LogP contribution in [0.2, 0.25) is 0 Å². The summed E-state index contributed by atoms with van der Waals surface area (Å²) >= 11 is 9.41.